The van der Waals surface area contributed by atoms with Gasteiger partial charge in [0.25, 0.3) is 0 Å². The number of halogens is 1. The van der Waals surface area contributed by atoms with Gasteiger partial charge in [-0.25, -0.2) is 4.98 Å². The second-order valence-corrected chi connectivity index (χ2v) is 6.90. The largest absolute Gasteiger partial charge is 0.385 e. The highest BCUT2D eigenvalue weighted by Gasteiger charge is 2.25. The maximum atomic E-state index is 10.1. The van der Waals surface area contributed by atoms with Crippen LogP contribution in [0.15, 0.2) is 22.8 Å². The Kier molecular flexibility index (Phi) is 4.37. The first kappa shape index (κ1) is 11.8. The van der Waals surface area contributed by atoms with Crippen LogP contribution in [0.1, 0.15) is 18.2 Å². The Morgan fingerprint density at radius 2 is 2.13 bits per heavy atom. The van der Waals surface area contributed by atoms with Gasteiger partial charge in [-0.05, 0) is 46.0 Å². The lowest BCUT2D eigenvalue weighted by atomic mass is 10.2. The van der Waals surface area contributed by atoms with Gasteiger partial charge in [-0.15, -0.1) is 23.5 Å². The van der Waals surface area contributed by atoms with Gasteiger partial charge in [0.2, 0.25) is 0 Å². The minimum atomic E-state index is -0.460. The summed E-state index contributed by atoms with van der Waals surface area (Å²) in [5, 5.41) is 10.1. The lowest BCUT2D eigenvalue weighted by Gasteiger charge is -2.25. The van der Waals surface area contributed by atoms with Crippen molar-refractivity contribution < 1.29 is 5.11 Å². The molecule has 0 aromatic carbocycles. The monoisotopic (exact) mass is 305 g/mol. The molecular formula is C10H12BrNOS2. The Morgan fingerprint density at radius 3 is 2.80 bits per heavy atom. The summed E-state index contributed by atoms with van der Waals surface area (Å²) in [7, 11) is 0. The van der Waals surface area contributed by atoms with E-state index in [4.69, 9.17) is 0 Å². The van der Waals surface area contributed by atoms with E-state index in [1.54, 1.807) is 0 Å². The van der Waals surface area contributed by atoms with Gasteiger partial charge in [-0.1, -0.05) is 6.07 Å². The first-order valence-electron chi connectivity index (χ1n) is 4.81. The number of hydrogen-bond donors (Lipinski definition) is 1. The van der Waals surface area contributed by atoms with Gasteiger partial charge in [0.15, 0.2) is 0 Å². The Balaban J connectivity index is 2.08. The summed E-state index contributed by atoms with van der Waals surface area (Å²) in [5.41, 5.74) is 0.760. The predicted octanol–water partition coefficient (Wildman–Crippen LogP) is 3.07. The molecule has 1 aliphatic rings. The molecule has 82 valence electrons. The van der Waals surface area contributed by atoms with E-state index in [2.05, 4.69) is 20.9 Å². The molecule has 0 amide bonds. The van der Waals surface area contributed by atoms with E-state index >= 15 is 0 Å². The molecule has 0 saturated carbocycles. The van der Waals surface area contributed by atoms with Crippen LogP contribution in [0.4, 0.5) is 0 Å². The average molecular weight is 306 g/mol. The summed E-state index contributed by atoms with van der Waals surface area (Å²) in [5.74, 6) is 2.28. The summed E-state index contributed by atoms with van der Waals surface area (Å²) < 4.78 is 1.02. The number of pyridine rings is 1. The zero-order valence-electron chi connectivity index (χ0n) is 8.10. The van der Waals surface area contributed by atoms with Crippen molar-refractivity contribution in [3.05, 3.63) is 28.5 Å². The van der Waals surface area contributed by atoms with Crippen LogP contribution in [0.25, 0.3) is 0 Å². The van der Waals surface area contributed by atoms with Crippen LogP contribution in [-0.2, 0) is 0 Å². The highest BCUT2D eigenvalue weighted by Crippen LogP contribution is 2.38. The first-order valence-corrected chi connectivity index (χ1v) is 7.70. The van der Waals surface area contributed by atoms with Gasteiger partial charge in [0.05, 0.1) is 10.3 Å². The van der Waals surface area contributed by atoms with E-state index in [-0.39, 0.29) is 4.58 Å². The maximum Gasteiger partial charge on any atom is 0.117 e. The molecule has 2 nitrogen and oxygen atoms in total. The number of hydrogen-bond acceptors (Lipinski definition) is 4. The van der Waals surface area contributed by atoms with Crippen LogP contribution in [0.2, 0.25) is 0 Å². The van der Waals surface area contributed by atoms with Crippen LogP contribution in [0.3, 0.4) is 0 Å². The number of thioether (sulfide) groups is 2. The molecule has 1 fully saturated rings. The number of aliphatic hydroxyl groups is 1. The molecule has 0 bridgehead atoms. The minimum absolute atomic E-state index is 0.237. The molecule has 1 atom stereocenters. The van der Waals surface area contributed by atoms with Crippen molar-refractivity contribution in [2.24, 2.45) is 0 Å². The van der Waals surface area contributed by atoms with Gasteiger partial charge < -0.3 is 5.11 Å². The molecule has 15 heavy (non-hydrogen) atoms. The van der Waals surface area contributed by atoms with Gasteiger partial charge in [-0.3, -0.25) is 0 Å². The fraction of sp³-hybridized carbons (Fsp3) is 0.500. The third-order valence-electron chi connectivity index (χ3n) is 2.15. The van der Waals surface area contributed by atoms with Gasteiger partial charge in [-0.2, -0.15) is 0 Å². The van der Waals surface area contributed by atoms with Crippen LogP contribution in [0, 0.1) is 0 Å². The summed E-state index contributed by atoms with van der Waals surface area (Å²) in [6, 6.07) is 5.66. The Morgan fingerprint density at radius 1 is 1.40 bits per heavy atom. The van der Waals surface area contributed by atoms with E-state index in [1.807, 2.05) is 41.7 Å². The SMILES string of the molecule is OC(c1cccc(Br)n1)C1SCCCS1. The van der Waals surface area contributed by atoms with Gasteiger partial charge in [0.1, 0.15) is 10.7 Å². The van der Waals surface area contributed by atoms with Crippen LogP contribution < -0.4 is 0 Å². The first-order chi connectivity index (χ1) is 7.27. The highest BCUT2D eigenvalue weighted by atomic mass is 79.9. The smallest absolute Gasteiger partial charge is 0.117 e. The molecule has 2 rings (SSSR count). The van der Waals surface area contributed by atoms with E-state index in [0.29, 0.717) is 0 Å². The molecule has 0 aliphatic carbocycles. The topological polar surface area (TPSA) is 33.1 Å². The lowest BCUT2D eigenvalue weighted by Crippen LogP contribution is -2.17. The number of aliphatic hydroxyl groups excluding tert-OH is 1. The molecule has 0 spiro atoms. The summed E-state index contributed by atoms with van der Waals surface area (Å²) in [6.45, 7) is 0. The Hall–Kier alpha value is 0.290. The van der Waals surface area contributed by atoms with Crippen LogP contribution in [-0.4, -0.2) is 26.2 Å². The molecule has 1 saturated heterocycles. The summed E-state index contributed by atoms with van der Waals surface area (Å²) in [4.78, 5) is 4.29. The van der Waals surface area contributed by atoms with E-state index < -0.39 is 6.10 Å². The Bertz CT molecular complexity index is 331. The number of nitrogens with zero attached hydrogens (tertiary/aromatic N) is 1. The van der Waals surface area contributed by atoms with Crippen molar-refractivity contribution in [3.63, 3.8) is 0 Å². The van der Waals surface area contributed by atoms with E-state index in [0.717, 1.165) is 21.8 Å². The van der Waals surface area contributed by atoms with Crippen molar-refractivity contribution in [2.45, 2.75) is 17.1 Å². The standard InChI is InChI=1S/C10H12BrNOS2/c11-8-4-1-3-7(12-8)9(13)10-14-5-2-6-15-10/h1,3-4,9-10,13H,2,5-6H2. The summed E-state index contributed by atoms with van der Waals surface area (Å²) >= 11 is 6.98. The molecule has 0 radical (unpaired) electrons. The Labute approximate surface area is 106 Å². The highest BCUT2D eigenvalue weighted by molar-refractivity contribution is 9.10. The van der Waals surface area contributed by atoms with Crippen LogP contribution >= 0.6 is 39.5 Å². The molecule has 1 unspecified atom stereocenters. The second-order valence-electron chi connectivity index (χ2n) is 3.29. The maximum absolute atomic E-state index is 10.1. The molecule has 1 aromatic rings. The third-order valence-corrected chi connectivity index (χ3v) is 5.63. The number of rotatable bonds is 2. The van der Waals surface area contributed by atoms with Crippen molar-refractivity contribution >= 4 is 39.5 Å². The minimum Gasteiger partial charge on any atom is -0.385 e. The van der Waals surface area contributed by atoms with Gasteiger partial charge >= 0.3 is 0 Å². The quantitative estimate of drug-likeness (QED) is 0.851. The zero-order valence-corrected chi connectivity index (χ0v) is 11.3. The lowest BCUT2D eigenvalue weighted by molar-refractivity contribution is 0.191. The predicted molar refractivity (Wildman–Crippen MR) is 70.2 cm³/mol. The molecule has 5 heteroatoms. The van der Waals surface area contributed by atoms with Crippen molar-refractivity contribution in [2.75, 3.05) is 11.5 Å². The van der Waals surface area contributed by atoms with Crippen molar-refractivity contribution in [1.29, 1.82) is 0 Å². The fourth-order valence-electron chi connectivity index (χ4n) is 1.42. The zero-order chi connectivity index (χ0) is 10.7. The third kappa shape index (κ3) is 3.12. The second kappa shape index (κ2) is 5.57. The summed E-state index contributed by atoms with van der Waals surface area (Å²) in [6.07, 6.45) is 0.780. The van der Waals surface area contributed by atoms with Crippen molar-refractivity contribution in [1.82, 2.24) is 4.98 Å². The molecule has 1 N–H and O–H groups in total. The van der Waals surface area contributed by atoms with Crippen molar-refractivity contribution in [3.8, 4) is 0 Å². The van der Waals surface area contributed by atoms with Crippen LogP contribution in [0.5, 0.6) is 0 Å². The number of aromatic nitrogens is 1. The fourth-order valence-corrected chi connectivity index (χ4v) is 4.65. The van der Waals surface area contributed by atoms with E-state index in [1.165, 1.54) is 6.42 Å². The normalized spacial score (nSPS) is 20.1. The van der Waals surface area contributed by atoms with E-state index in [9.17, 15) is 5.11 Å². The van der Waals surface area contributed by atoms with Gasteiger partial charge in [0, 0.05) is 0 Å². The molecule has 2 heterocycles. The molecular weight excluding hydrogens is 294 g/mol. The molecule has 1 aromatic heterocycles. The molecule has 1 aliphatic heterocycles. The average Bonchev–Trinajstić information content (AvgIpc) is 2.29.